The molecule has 11 heteroatoms. The molecule has 27 heavy (non-hydrogen) atoms. The number of rotatable bonds is 8. The second-order valence-electron chi connectivity index (χ2n) is 5.96. The Kier molecular flexibility index (Phi) is 7.75. The fourth-order valence-electron chi connectivity index (χ4n) is 2.50. The Hall–Kier alpha value is -1.98. The standard InChI is InChI=1S/C16H23N3O6S2/c1-2-3-7-17-16(22)18-13(20)11-25-15(21)14-12(6-10-26-14)27(23,24)19-8-4-5-9-19/h6,10H,2-5,7-9,11H2,1H3,(H2,17,18,20,22). The van der Waals surface area contributed by atoms with Gasteiger partial charge in [0.05, 0.1) is 0 Å². The van der Waals surface area contributed by atoms with Crippen molar-refractivity contribution in [3.63, 3.8) is 0 Å². The van der Waals surface area contributed by atoms with Gasteiger partial charge in [-0.1, -0.05) is 13.3 Å². The molecule has 0 bridgehead atoms. The third-order valence-corrected chi connectivity index (χ3v) is 6.87. The SMILES string of the molecule is CCCCNC(=O)NC(=O)COC(=O)c1sccc1S(=O)(=O)N1CCCC1. The molecule has 1 aromatic rings. The van der Waals surface area contributed by atoms with E-state index in [1.807, 2.05) is 12.2 Å². The van der Waals surface area contributed by atoms with Gasteiger partial charge in [-0.2, -0.15) is 4.31 Å². The summed E-state index contributed by atoms with van der Waals surface area (Å²) in [5.74, 6) is -1.71. The number of unbranched alkanes of at least 4 members (excludes halogenated alkanes) is 1. The number of nitrogens with one attached hydrogen (secondary N) is 2. The second-order valence-corrected chi connectivity index (χ2v) is 8.78. The first kappa shape index (κ1) is 21.3. The predicted octanol–water partition coefficient (Wildman–Crippen LogP) is 1.32. The minimum Gasteiger partial charge on any atom is -0.451 e. The van der Waals surface area contributed by atoms with Gasteiger partial charge in [0, 0.05) is 19.6 Å². The lowest BCUT2D eigenvalue weighted by Crippen LogP contribution is -2.41. The zero-order chi connectivity index (χ0) is 19.9. The molecule has 0 saturated carbocycles. The Morgan fingerprint density at radius 3 is 2.63 bits per heavy atom. The molecule has 2 heterocycles. The number of hydrogen-bond acceptors (Lipinski definition) is 7. The van der Waals surface area contributed by atoms with E-state index in [0.29, 0.717) is 19.6 Å². The number of hydrogen-bond donors (Lipinski definition) is 2. The van der Waals surface area contributed by atoms with Crippen molar-refractivity contribution in [2.75, 3.05) is 26.2 Å². The quantitative estimate of drug-likeness (QED) is 0.486. The smallest absolute Gasteiger partial charge is 0.350 e. The number of carbonyl (C=O) groups is 3. The van der Waals surface area contributed by atoms with Crippen LogP contribution in [0.25, 0.3) is 0 Å². The fraction of sp³-hybridized carbons (Fsp3) is 0.562. The van der Waals surface area contributed by atoms with Gasteiger partial charge in [-0.15, -0.1) is 11.3 Å². The molecule has 1 aromatic heterocycles. The summed E-state index contributed by atoms with van der Waals surface area (Å²) in [7, 11) is -3.76. The molecule has 2 rings (SSSR count). The van der Waals surface area contributed by atoms with Gasteiger partial charge in [-0.3, -0.25) is 10.1 Å². The average molecular weight is 418 g/mol. The molecule has 1 fully saturated rings. The molecule has 150 valence electrons. The minimum absolute atomic E-state index is 0.0814. The molecule has 0 atom stereocenters. The largest absolute Gasteiger partial charge is 0.451 e. The van der Waals surface area contributed by atoms with Crippen LogP contribution in [-0.2, 0) is 19.6 Å². The van der Waals surface area contributed by atoms with Crippen LogP contribution in [0.3, 0.4) is 0 Å². The number of sulfonamides is 1. The molecule has 0 unspecified atom stereocenters. The topological polar surface area (TPSA) is 122 Å². The number of esters is 1. The van der Waals surface area contributed by atoms with Crippen LogP contribution >= 0.6 is 11.3 Å². The molecule has 0 spiro atoms. The number of nitrogens with zero attached hydrogens (tertiary/aromatic N) is 1. The van der Waals surface area contributed by atoms with E-state index < -0.39 is 34.5 Å². The van der Waals surface area contributed by atoms with Crippen molar-refractivity contribution in [3.8, 4) is 0 Å². The lowest BCUT2D eigenvalue weighted by molar-refractivity contribution is -0.123. The number of imide groups is 1. The monoisotopic (exact) mass is 417 g/mol. The molecule has 0 aliphatic carbocycles. The highest BCUT2D eigenvalue weighted by atomic mass is 32.2. The van der Waals surface area contributed by atoms with Crippen molar-refractivity contribution in [2.24, 2.45) is 0 Å². The summed E-state index contributed by atoms with van der Waals surface area (Å²) in [6.07, 6.45) is 3.24. The lowest BCUT2D eigenvalue weighted by Gasteiger charge is -2.15. The lowest BCUT2D eigenvalue weighted by atomic mass is 10.3. The molecular formula is C16H23N3O6S2. The maximum absolute atomic E-state index is 12.6. The van der Waals surface area contributed by atoms with E-state index in [1.165, 1.54) is 15.8 Å². The first-order chi connectivity index (χ1) is 12.9. The van der Waals surface area contributed by atoms with Crippen LogP contribution in [0, 0.1) is 0 Å². The molecule has 0 aromatic carbocycles. The summed E-state index contributed by atoms with van der Waals surface area (Å²) in [6, 6.07) is 0.689. The molecule has 1 aliphatic heterocycles. The summed E-state index contributed by atoms with van der Waals surface area (Å²) < 4.78 is 31.4. The van der Waals surface area contributed by atoms with E-state index in [0.717, 1.165) is 37.0 Å². The van der Waals surface area contributed by atoms with Crippen molar-refractivity contribution < 1.29 is 27.5 Å². The minimum atomic E-state index is -3.76. The Morgan fingerprint density at radius 2 is 1.96 bits per heavy atom. The van der Waals surface area contributed by atoms with Gasteiger partial charge in [-0.25, -0.2) is 18.0 Å². The second kappa shape index (κ2) is 9.81. The van der Waals surface area contributed by atoms with E-state index in [-0.39, 0.29) is 9.77 Å². The van der Waals surface area contributed by atoms with Crippen molar-refractivity contribution in [1.29, 1.82) is 0 Å². The summed E-state index contributed by atoms with van der Waals surface area (Å²) in [5, 5.41) is 6.02. The summed E-state index contributed by atoms with van der Waals surface area (Å²) in [5.41, 5.74) is 0. The zero-order valence-electron chi connectivity index (χ0n) is 15.0. The van der Waals surface area contributed by atoms with E-state index >= 15 is 0 Å². The van der Waals surface area contributed by atoms with Gasteiger partial charge >= 0.3 is 12.0 Å². The number of amides is 3. The normalized spacial score (nSPS) is 14.7. The third kappa shape index (κ3) is 5.75. The fourth-order valence-corrected chi connectivity index (χ4v) is 5.30. The zero-order valence-corrected chi connectivity index (χ0v) is 16.7. The van der Waals surface area contributed by atoms with E-state index in [9.17, 15) is 22.8 Å². The van der Waals surface area contributed by atoms with Crippen LogP contribution in [0.4, 0.5) is 4.79 Å². The Labute approximate surface area is 162 Å². The Balaban J connectivity index is 1.91. The number of thiophene rings is 1. The summed E-state index contributed by atoms with van der Waals surface area (Å²) >= 11 is 0.931. The van der Waals surface area contributed by atoms with Crippen molar-refractivity contribution >= 4 is 39.3 Å². The number of ether oxygens (including phenoxy) is 1. The van der Waals surface area contributed by atoms with Crippen molar-refractivity contribution in [2.45, 2.75) is 37.5 Å². The van der Waals surface area contributed by atoms with Crippen molar-refractivity contribution in [3.05, 3.63) is 16.3 Å². The van der Waals surface area contributed by atoms with Crippen LogP contribution in [0.15, 0.2) is 16.3 Å². The number of carbonyl (C=O) groups excluding carboxylic acids is 3. The van der Waals surface area contributed by atoms with Gasteiger partial charge in [-0.05, 0) is 30.7 Å². The van der Waals surface area contributed by atoms with Crippen LogP contribution in [-0.4, -0.2) is 56.9 Å². The van der Waals surface area contributed by atoms with Crippen LogP contribution < -0.4 is 10.6 Å². The average Bonchev–Trinajstić information content (AvgIpc) is 3.31. The molecule has 3 amide bonds. The van der Waals surface area contributed by atoms with Gasteiger partial charge in [0.1, 0.15) is 9.77 Å². The van der Waals surface area contributed by atoms with Crippen LogP contribution in [0.1, 0.15) is 42.3 Å². The first-order valence-corrected chi connectivity index (χ1v) is 11.0. The Bertz CT molecular complexity index is 784. The maximum Gasteiger partial charge on any atom is 0.350 e. The highest BCUT2D eigenvalue weighted by molar-refractivity contribution is 7.89. The van der Waals surface area contributed by atoms with Gasteiger partial charge < -0.3 is 10.1 Å². The number of urea groups is 1. The van der Waals surface area contributed by atoms with Gasteiger partial charge in [0.15, 0.2) is 6.61 Å². The third-order valence-electron chi connectivity index (χ3n) is 3.90. The first-order valence-electron chi connectivity index (χ1n) is 8.68. The molecule has 0 radical (unpaired) electrons. The molecular weight excluding hydrogens is 394 g/mol. The summed E-state index contributed by atoms with van der Waals surface area (Å²) in [4.78, 5) is 35.2. The van der Waals surface area contributed by atoms with Gasteiger partial charge in [0.2, 0.25) is 10.0 Å². The van der Waals surface area contributed by atoms with E-state index in [4.69, 9.17) is 4.74 Å². The molecule has 1 aliphatic rings. The molecule has 2 N–H and O–H groups in total. The molecule has 9 nitrogen and oxygen atoms in total. The Morgan fingerprint density at radius 1 is 1.26 bits per heavy atom. The molecule has 1 saturated heterocycles. The van der Waals surface area contributed by atoms with Crippen LogP contribution in [0.5, 0.6) is 0 Å². The van der Waals surface area contributed by atoms with E-state index in [1.54, 1.807) is 0 Å². The van der Waals surface area contributed by atoms with Gasteiger partial charge in [0.25, 0.3) is 5.91 Å². The van der Waals surface area contributed by atoms with Crippen LogP contribution in [0.2, 0.25) is 0 Å². The summed E-state index contributed by atoms with van der Waals surface area (Å²) in [6.45, 7) is 2.56. The highest BCUT2D eigenvalue weighted by Gasteiger charge is 2.32. The van der Waals surface area contributed by atoms with E-state index in [2.05, 4.69) is 5.32 Å². The highest BCUT2D eigenvalue weighted by Crippen LogP contribution is 2.28. The maximum atomic E-state index is 12.6. The predicted molar refractivity (Wildman–Crippen MR) is 99.0 cm³/mol. The van der Waals surface area contributed by atoms with Crippen molar-refractivity contribution in [1.82, 2.24) is 14.9 Å².